The quantitative estimate of drug-likeness (QED) is 0.303. The van der Waals surface area contributed by atoms with E-state index in [0.29, 0.717) is 29.2 Å². The maximum absolute atomic E-state index is 13.6. The first-order valence-electron chi connectivity index (χ1n) is 14.5. The van der Waals surface area contributed by atoms with Crippen LogP contribution in [0.1, 0.15) is 44.1 Å². The largest absolute Gasteiger partial charge is 0.496 e. The highest BCUT2D eigenvalue weighted by molar-refractivity contribution is 5.98. The topological polar surface area (TPSA) is 135 Å². The third kappa shape index (κ3) is 6.41. The smallest absolute Gasteiger partial charge is 0.449 e. The third-order valence-corrected chi connectivity index (χ3v) is 7.98. The molecule has 4 aromatic rings. The molecular weight excluding hydrogens is 607 g/mol. The molecule has 4 bridgehead atoms. The number of alkyl halides is 3. The molecule has 11 nitrogen and oxygen atoms in total. The van der Waals surface area contributed by atoms with E-state index in [9.17, 15) is 27.6 Å². The second-order valence-electron chi connectivity index (χ2n) is 11.1. The molecule has 0 saturated carbocycles. The number of H-pyrrole nitrogens is 1. The van der Waals surface area contributed by atoms with Gasteiger partial charge in [0.25, 0.3) is 17.7 Å². The molecule has 46 heavy (non-hydrogen) atoms. The molecule has 2 atom stereocenters. The van der Waals surface area contributed by atoms with Crippen molar-refractivity contribution < 1.29 is 41.8 Å². The Labute approximate surface area is 261 Å². The number of ether oxygens (including phenoxy) is 3. The van der Waals surface area contributed by atoms with E-state index < -0.39 is 36.0 Å². The number of amides is 3. The molecule has 3 aliphatic rings. The summed E-state index contributed by atoms with van der Waals surface area (Å²) in [6, 6.07) is 13.5. The second kappa shape index (κ2) is 12.3. The molecule has 240 valence electrons. The summed E-state index contributed by atoms with van der Waals surface area (Å²) in [5, 5.41) is 5.79. The first-order valence-corrected chi connectivity index (χ1v) is 14.5. The second-order valence-corrected chi connectivity index (χ2v) is 11.1. The molecule has 4 heterocycles. The normalized spacial score (nSPS) is 18.9. The number of aryl methyl sites for hydroxylation is 1. The van der Waals surface area contributed by atoms with Gasteiger partial charge in [-0.05, 0) is 55.0 Å². The van der Waals surface area contributed by atoms with Crippen LogP contribution in [0.5, 0.6) is 17.2 Å². The number of methoxy groups -OCH3 is 1. The van der Waals surface area contributed by atoms with Crippen molar-refractivity contribution in [3.63, 3.8) is 0 Å². The summed E-state index contributed by atoms with van der Waals surface area (Å²) >= 11 is 0. The number of hydrogen-bond donors (Lipinski definition) is 3. The van der Waals surface area contributed by atoms with Crippen molar-refractivity contribution >= 4 is 28.8 Å². The Morgan fingerprint density at radius 2 is 1.91 bits per heavy atom. The van der Waals surface area contributed by atoms with E-state index in [2.05, 4.69) is 20.6 Å². The van der Waals surface area contributed by atoms with Crippen molar-refractivity contribution in [2.45, 2.75) is 38.2 Å². The van der Waals surface area contributed by atoms with Crippen LogP contribution in [0.4, 0.5) is 13.2 Å². The Bertz CT molecular complexity index is 1820. The van der Waals surface area contributed by atoms with Crippen LogP contribution < -0.4 is 24.8 Å². The molecule has 0 aliphatic carbocycles. The van der Waals surface area contributed by atoms with E-state index >= 15 is 0 Å². The fraction of sp³-hybridized carbons (Fsp3) is 0.312. The summed E-state index contributed by atoms with van der Waals surface area (Å²) in [5.74, 6) is -1.05. The van der Waals surface area contributed by atoms with E-state index in [1.807, 2.05) is 0 Å². The van der Waals surface area contributed by atoms with Crippen molar-refractivity contribution in [2.75, 3.05) is 26.8 Å². The fourth-order valence-electron chi connectivity index (χ4n) is 5.51. The number of hydrogen-bond acceptors (Lipinski definition) is 7. The van der Waals surface area contributed by atoms with Gasteiger partial charge >= 0.3 is 6.18 Å². The van der Waals surface area contributed by atoms with Crippen molar-refractivity contribution in [1.82, 2.24) is 25.5 Å². The van der Waals surface area contributed by atoms with Crippen molar-refractivity contribution in [1.29, 1.82) is 0 Å². The van der Waals surface area contributed by atoms with E-state index in [4.69, 9.17) is 14.2 Å². The molecule has 3 N–H and O–H groups in total. The summed E-state index contributed by atoms with van der Waals surface area (Å²) in [7, 11) is 1.50. The minimum atomic E-state index is -4.66. The summed E-state index contributed by atoms with van der Waals surface area (Å²) in [5.41, 5.74) is 2.06. The zero-order valence-corrected chi connectivity index (χ0v) is 24.9. The summed E-state index contributed by atoms with van der Waals surface area (Å²) in [4.78, 5) is 47.0. The van der Waals surface area contributed by atoms with Gasteiger partial charge in [0.2, 0.25) is 5.82 Å². The molecule has 1 saturated heterocycles. The average Bonchev–Trinajstić information content (AvgIpc) is 3.48. The van der Waals surface area contributed by atoms with Crippen LogP contribution in [-0.2, 0) is 17.5 Å². The van der Waals surface area contributed by atoms with Crippen LogP contribution in [0, 0.1) is 6.92 Å². The fourth-order valence-corrected chi connectivity index (χ4v) is 5.51. The van der Waals surface area contributed by atoms with E-state index in [-0.39, 0.29) is 54.3 Å². The van der Waals surface area contributed by atoms with Gasteiger partial charge in [0.15, 0.2) is 6.61 Å². The van der Waals surface area contributed by atoms with Gasteiger partial charge < -0.3 is 34.7 Å². The Hall–Kier alpha value is -5.27. The molecule has 0 radical (unpaired) electrons. The molecule has 3 amide bonds. The first-order chi connectivity index (χ1) is 22.0. The van der Waals surface area contributed by atoms with Gasteiger partial charge in [-0.15, -0.1) is 0 Å². The van der Waals surface area contributed by atoms with Crippen molar-refractivity contribution in [3.05, 3.63) is 82.7 Å². The predicted octanol–water partition coefficient (Wildman–Crippen LogP) is 4.00. The number of halogens is 3. The molecule has 0 spiro atoms. The molecule has 1 aromatic heterocycles. The number of likely N-dealkylation sites (tertiary alicyclic amines) is 1. The minimum absolute atomic E-state index is 0.0624. The van der Waals surface area contributed by atoms with Gasteiger partial charge in [0, 0.05) is 48.8 Å². The van der Waals surface area contributed by atoms with Gasteiger partial charge in [0.1, 0.15) is 23.4 Å². The Morgan fingerprint density at radius 3 is 2.70 bits per heavy atom. The van der Waals surface area contributed by atoms with Crippen LogP contribution in [-0.4, -0.2) is 71.5 Å². The number of nitrogens with one attached hydrogen (secondary N) is 3. The number of benzene rings is 3. The lowest BCUT2D eigenvalue weighted by Crippen LogP contribution is -2.58. The van der Waals surface area contributed by atoms with Gasteiger partial charge in [-0.25, -0.2) is 4.98 Å². The number of piperidine rings is 1. The van der Waals surface area contributed by atoms with Crippen molar-refractivity contribution in [3.8, 4) is 17.2 Å². The Kier molecular flexibility index (Phi) is 8.19. The lowest BCUT2D eigenvalue weighted by Gasteiger charge is -2.39. The number of nitrogens with zero attached hydrogens (tertiary/aromatic N) is 2. The Balaban J connectivity index is 1.30. The van der Waals surface area contributed by atoms with E-state index in [0.717, 1.165) is 5.56 Å². The number of imidazole rings is 1. The molecule has 7 rings (SSSR count). The molecule has 0 unspecified atom stereocenters. The number of aromatic amines is 1. The van der Waals surface area contributed by atoms with Gasteiger partial charge in [0.05, 0.1) is 24.2 Å². The standard InChI is InChI=1S/C32H30F3N5O6/c1-17-3-4-18-12-26(17)45-16-28(41)36-14-20-5-7-21(13-27(20)44-2)46-25-9-10-40(15-24(25)37-29(18)42)30(43)19-6-8-22-23(11-19)39-31(38-22)32(33,34)35/h3-8,11-13,24-25H,9-10,14-16H2,1-2H3,(H,36,41)(H,37,42)(H,38,39)/t24-,25+/m0/s1. The molecule has 1 fully saturated rings. The molecular formula is C32H30F3N5O6. The highest BCUT2D eigenvalue weighted by Crippen LogP contribution is 2.30. The number of aromatic nitrogens is 2. The van der Waals surface area contributed by atoms with Crippen LogP contribution >= 0.6 is 0 Å². The lowest BCUT2D eigenvalue weighted by molar-refractivity contribution is -0.144. The van der Waals surface area contributed by atoms with Crippen LogP contribution in [0.15, 0.2) is 54.6 Å². The SMILES string of the molecule is COc1cc2ccc1CNC(=O)COc1cc(ccc1C)C(=O)N[C@H]1CN(C(=O)c3ccc4nc(C(F)(F)F)[nH]c4c3)CC[C@H]1O2. The van der Waals surface area contributed by atoms with Crippen LogP contribution in [0.25, 0.3) is 11.0 Å². The molecule has 14 heteroatoms. The molecule has 3 aromatic carbocycles. The average molecular weight is 638 g/mol. The summed E-state index contributed by atoms with van der Waals surface area (Å²) in [6.45, 7) is 2.04. The lowest BCUT2D eigenvalue weighted by atomic mass is 9.99. The van der Waals surface area contributed by atoms with E-state index in [1.54, 1.807) is 43.3 Å². The van der Waals surface area contributed by atoms with Crippen LogP contribution in [0.3, 0.4) is 0 Å². The summed E-state index contributed by atoms with van der Waals surface area (Å²) in [6.07, 6.45) is -4.87. The minimum Gasteiger partial charge on any atom is -0.496 e. The summed E-state index contributed by atoms with van der Waals surface area (Å²) < 4.78 is 57.1. The highest BCUT2D eigenvalue weighted by Gasteiger charge is 2.36. The number of carbonyl (C=O) groups is 3. The van der Waals surface area contributed by atoms with Gasteiger partial charge in [-0.2, -0.15) is 13.2 Å². The monoisotopic (exact) mass is 637 g/mol. The first kappa shape index (κ1) is 30.7. The zero-order chi connectivity index (χ0) is 32.6. The third-order valence-electron chi connectivity index (χ3n) is 7.98. The number of carbonyl (C=O) groups excluding carboxylic acids is 3. The van der Waals surface area contributed by atoms with Crippen molar-refractivity contribution in [2.24, 2.45) is 0 Å². The molecule has 3 aliphatic heterocycles. The maximum Gasteiger partial charge on any atom is 0.449 e. The van der Waals surface area contributed by atoms with Crippen LogP contribution in [0.2, 0.25) is 0 Å². The Morgan fingerprint density at radius 1 is 1.09 bits per heavy atom. The van der Waals surface area contributed by atoms with Gasteiger partial charge in [-0.3, -0.25) is 14.4 Å². The number of fused-ring (bicyclic) bond motifs is 8. The number of rotatable bonds is 2. The van der Waals surface area contributed by atoms with Gasteiger partial charge in [-0.1, -0.05) is 6.07 Å². The highest BCUT2D eigenvalue weighted by atomic mass is 19.4. The van der Waals surface area contributed by atoms with E-state index in [1.165, 1.54) is 30.2 Å². The maximum atomic E-state index is 13.6. The zero-order valence-electron chi connectivity index (χ0n) is 24.9. The predicted molar refractivity (Wildman–Crippen MR) is 159 cm³/mol.